The second-order valence-electron chi connectivity index (χ2n) is 3.14. The van der Waals surface area contributed by atoms with Crippen LogP contribution in [-0.2, 0) is 19.0 Å². The molecule has 1 atom stereocenters. The molecule has 0 aromatic heterocycles. The Balaban J connectivity index is 3.20. The van der Waals surface area contributed by atoms with E-state index >= 15 is 0 Å². The number of ether oxygens (including phenoxy) is 3. The highest BCUT2D eigenvalue weighted by Crippen LogP contribution is 1.88. The fraction of sp³-hybridized carbons (Fsp3) is 0.900. The molecule has 0 aliphatic rings. The van der Waals surface area contributed by atoms with Crippen molar-refractivity contribution in [1.82, 2.24) is 5.32 Å². The molecule has 5 nitrogen and oxygen atoms in total. The predicted octanol–water partition coefficient (Wildman–Crippen LogP) is 0.191. The lowest BCUT2D eigenvalue weighted by atomic mass is 10.3. The quantitative estimate of drug-likeness (QED) is 0.443. The normalized spacial score (nSPS) is 12.5. The van der Waals surface area contributed by atoms with Crippen molar-refractivity contribution >= 4 is 5.97 Å². The van der Waals surface area contributed by atoms with Gasteiger partial charge < -0.3 is 19.5 Å². The Hall–Kier alpha value is -0.650. The first-order chi connectivity index (χ1) is 7.22. The van der Waals surface area contributed by atoms with Crippen molar-refractivity contribution in [2.45, 2.75) is 19.4 Å². The van der Waals surface area contributed by atoms with Crippen molar-refractivity contribution in [3.05, 3.63) is 0 Å². The van der Waals surface area contributed by atoms with E-state index in [0.717, 1.165) is 6.42 Å². The summed E-state index contributed by atoms with van der Waals surface area (Å²) in [5, 5.41) is 2.80. The molecule has 90 valence electrons. The highest BCUT2D eigenvalue weighted by molar-refractivity contribution is 5.75. The van der Waals surface area contributed by atoms with E-state index in [0.29, 0.717) is 26.4 Å². The van der Waals surface area contributed by atoms with E-state index in [-0.39, 0.29) is 12.0 Å². The van der Waals surface area contributed by atoms with Crippen LogP contribution in [0, 0.1) is 0 Å². The van der Waals surface area contributed by atoms with Gasteiger partial charge in [0.15, 0.2) is 0 Å². The summed E-state index contributed by atoms with van der Waals surface area (Å²) in [6.07, 6.45) is 0.858. The Kier molecular flexibility index (Phi) is 9.46. The predicted molar refractivity (Wildman–Crippen MR) is 56.8 cm³/mol. The van der Waals surface area contributed by atoms with Crippen molar-refractivity contribution < 1.29 is 19.0 Å². The SMILES string of the molecule is CNC(C)C(=O)OCCOCCCOC. The first-order valence-electron chi connectivity index (χ1n) is 5.13. The smallest absolute Gasteiger partial charge is 0.322 e. The average molecular weight is 219 g/mol. The molecule has 0 aromatic rings. The lowest BCUT2D eigenvalue weighted by molar-refractivity contribution is -0.147. The van der Waals surface area contributed by atoms with Gasteiger partial charge in [0, 0.05) is 20.3 Å². The lowest BCUT2D eigenvalue weighted by Gasteiger charge is -2.10. The fourth-order valence-electron chi connectivity index (χ4n) is 0.851. The summed E-state index contributed by atoms with van der Waals surface area (Å²) in [4.78, 5) is 11.1. The fourth-order valence-corrected chi connectivity index (χ4v) is 0.851. The van der Waals surface area contributed by atoms with Gasteiger partial charge in [0.05, 0.1) is 6.61 Å². The standard InChI is InChI=1S/C10H21NO4/c1-9(11-2)10(12)15-8-7-14-6-4-5-13-3/h9,11H,4-8H2,1-3H3. The minimum atomic E-state index is -0.265. The van der Waals surface area contributed by atoms with E-state index in [4.69, 9.17) is 14.2 Å². The minimum Gasteiger partial charge on any atom is -0.462 e. The number of nitrogens with one attached hydrogen (secondary N) is 1. The van der Waals surface area contributed by atoms with Crippen molar-refractivity contribution in [3.8, 4) is 0 Å². The number of hydrogen-bond acceptors (Lipinski definition) is 5. The molecule has 5 heteroatoms. The van der Waals surface area contributed by atoms with E-state index in [9.17, 15) is 4.79 Å². The van der Waals surface area contributed by atoms with Gasteiger partial charge in [-0.05, 0) is 20.4 Å². The van der Waals surface area contributed by atoms with Gasteiger partial charge >= 0.3 is 5.97 Å². The maximum absolute atomic E-state index is 11.1. The topological polar surface area (TPSA) is 56.8 Å². The molecule has 0 radical (unpaired) electrons. The van der Waals surface area contributed by atoms with Crippen LogP contribution in [0.25, 0.3) is 0 Å². The number of carbonyl (C=O) groups excluding carboxylic acids is 1. The maximum atomic E-state index is 11.1. The van der Waals surface area contributed by atoms with Crippen LogP contribution in [-0.4, -0.2) is 52.6 Å². The zero-order chi connectivity index (χ0) is 11.5. The zero-order valence-electron chi connectivity index (χ0n) is 9.75. The number of esters is 1. The van der Waals surface area contributed by atoms with Crippen LogP contribution in [0.2, 0.25) is 0 Å². The van der Waals surface area contributed by atoms with Crippen LogP contribution in [0.3, 0.4) is 0 Å². The molecule has 0 bridgehead atoms. The summed E-state index contributed by atoms with van der Waals surface area (Å²) in [7, 11) is 3.37. The summed E-state index contributed by atoms with van der Waals surface area (Å²) in [6, 6.07) is -0.265. The maximum Gasteiger partial charge on any atom is 0.322 e. The lowest BCUT2D eigenvalue weighted by Crippen LogP contribution is -2.33. The highest BCUT2D eigenvalue weighted by atomic mass is 16.6. The summed E-state index contributed by atoms with van der Waals surface area (Å²) < 4.78 is 15.0. The molecule has 1 N–H and O–H groups in total. The molecule has 0 spiro atoms. The molecule has 0 amide bonds. The molecule has 0 aliphatic carbocycles. The summed E-state index contributed by atoms with van der Waals surface area (Å²) in [5.74, 6) is -0.252. The van der Waals surface area contributed by atoms with Gasteiger partial charge in [-0.25, -0.2) is 0 Å². The Morgan fingerprint density at radius 1 is 1.27 bits per heavy atom. The van der Waals surface area contributed by atoms with Gasteiger partial charge in [-0.15, -0.1) is 0 Å². The monoisotopic (exact) mass is 219 g/mol. The third-order valence-corrected chi connectivity index (χ3v) is 1.90. The van der Waals surface area contributed by atoms with Gasteiger partial charge in [-0.3, -0.25) is 4.79 Å². The van der Waals surface area contributed by atoms with Gasteiger partial charge in [0.25, 0.3) is 0 Å². The number of carbonyl (C=O) groups is 1. The van der Waals surface area contributed by atoms with Crippen LogP contribution in [0.1, 0.15) is 13.3 Å². The molecule has 1 unspecified atom stereocenters. The molecule has 0 aromatic carbocycles. The van der Waals surface area contributed by atoms with Crippen molar-refractivity contribution in [2.24, 2.45) is 0 Å². The molecule has 0 aliphatic heterocycles. The van der Waals surface area contributed by atoms with Crippen molar-refractivity contribution in [2.75, 3.05) is 40.6 Å². The van der Waals surface area contributed by atoms with Crippen LogP contribution >= 0.6 is 0 Å². The molecule has 15 heavy (non-hydrogen) atoms. The van der Waals surface area contributed by atoms with Crippen LogP contribution < -0.4 is 5.32 Å². The molecule has 0 fully saturated rings. The van der Waals surface area contributed by atoms with Crippen LogP contribution in [0.5, 0.6) is 0 Å². The van der Waals surface area contributed by atoms with E-state index < -0.39 is 0 Å². The Morgan fingerprint density at radius 3 is 2.60 bits per heavy atom. The molecule has 0 saturated carbocycles. The van der Waals surface area contributed by atoms with Gasteiger partial charge in [-0.2, -0.15) is 0 Å². The molecule has 0 rings (SSSR count). The van der Waals surface area contributed by atoms with E-state index in [1.165, 1.54) is 0 Å². The zero-order valence-corrected chi connectivity index (χ0v) is 9.75. The van der Waals surface area contributed by atoms with Crippen LogP contribution in [0.15, 0.2) is 0 Å². The molecule has 0 heterocycles. The van der Waals surface area contributed by atoms with E-state index in [1.54, 1.807) is 21.1 Å². The molecule has 0 saturated heterocycles. The van der Waals surface area contributed by atoms with Crippen LogP contribution in [0.4, 0.5) is 0 Å². The molecular formula is C10H21NO4. The second-order valence-corrected chi connectivity index (χ2v) is 3.14. The first kappa shape index (κ1) is 14.3. The summed E-state index contributed by atoms with van der Waals surface area (Å²) in [6.45, 7) is 3.81. The molecular weight excluding hydrogens is 198 g/mol. The summed E-state index contributed by atoms with van der Waals surface area (Å²) in [5.41, 5.74) is 0. The number of rotatable bonds is 9. The summed E-state index contributed by atoms with van der Waals surface area (Å²) >= 11 is 0. The average Bonchev–Trinajstić information content (AvgIpc) is 2.26. The Labute approximate surface area is 91.1 Å². The number of likely N-dealkylation sites (N-methyl/N-ethyl adjacent to an activating group) is 1. The van der Waals surface area contributed by atoms with Gasteiger partial charge in [0.1, 0.15) is 12.6 Å². The second kappa shape index (κ2) is 9.89. The van der Waals surface area contributed by atoms with E-state index in [2.05, 4.69) is 5.32 Å². The largest absolute Gasteiger partial charge is 0.462 e. The Morgan fingerprint density at radius 2 is 2.00 bits per heavy atom. The highest BCUT2D eigenvalue weighted by Gasteiger charge is 2.10. The Bertz CT molecular complexity index is 164. The number of methoxy groups -OCH3 is 1. The van der Waals surface area contributed by atoms with Gasteiger partial charge in [-0.1, -0.05) is 0 Å². The van der Waals surface area contributed by atoms with E-state index in [1.807, 2.05) is 0 Å². The minimum absolute atomic E-state index is 0.252. The van der Waals surface area contributed by atoms with Gasteiger partial charge in [0.2, 0.25) is 0 Å². The first-order valence-corrected chi connectivity index (χ1v) is 5.13. The third kappa shape index (κ3) is 8.35. The van der Waals surface area contributed by atoms with Crippen molar-refractivity contribution in [3.63, 3.8) is 0 Å². The number of hydrogen-bond donors (Lipinski definition) is 1. The third-order valence-electron chi connectivity index (χ3n) is 1.90. The van der Waals surface area contributed by atoms with Crippen molar-refractivity contribution in [1.29, 1.82) is 0 Å².